The molecule has 2 rings (SSSR count). The van der Waals surface area contributed by atoms with Gasteiger partial charge in [-0.3, -0.25) is 0 Å². The van der Waals surface area contributed by atoms with Crippen LogP contribution in [0.1, 0.15) is 0 Å². The Morgan fingerprint density at radius 1 is 1.09 bits per heavy atom. The Bertz CT molecular complexity index is 374. The van der Waals surface area contributed by atoms with Gasteiger partial charge in [0.05, 0.1) is 4.90 Å². The molecule has 0 aliphatic rings. The van der Waals surface area contributed by atoms with Crippen LogP contribution in [-0.2, 0) is 0 Å². The largest absolute Gasteiger partial charge is 0.0787 e. The molecular formula is C10H6S. The Morgan fingerprint density at radius 3 is 2.73 bits per heavy atom. The molecule has 52 valence electrons. The van der Waals surface area contributed by atoms with Crippen molar-refractivity contribution in [2.75, 3.05) is 0 Å². The predicted molar refractivity (Wildman–Crippen MR) is 48.6 cm³/mol. The zero-order chi connectivity index (χ0) is 7.68. The molecule has 0 aliphatic heterocycles. The third-order valence-corrected chi connectivity index (χ3v) is 2.02. The van der Waals surface area contributed by atoms with E-state index in [0.717, 1.165) is 10.3 Å². The SMILES string of the molecule is [S]c1[c]ccc2ccccc12. The molecule has 0 amide bonds. The highest BCUT2D eigenvalue weighted by atomic mass is 32.1. The molecule has 11 heavy (non-hydrogen) atoms. The molecule has 0 aromatic heterocycles. The van der Waals surface area contributed by atoms with E-state index in [1.807, 2.05) is 30.3 Å². The average molecular weight is 158 g/mol. The monoisotopic (exact) mass is 158 g/mol. The molecule has 0 unspecified atom stereocenters. The van der Waals surface area contributed by atoms with E-state index >= 15 is 0 Å². The Morgan fingerprint density at radius 2 is 1.91 bits per heavy atom. The second-order valence-corrected chi connectivity index (χ2v) is 2.80. The van der Waals surface area contributed by atoms with Gasteiger partial charge in [-0.15, -0.1) is 0 Å². The predicted octanol–water partition coefficient (Wildman–Crippen LogP) is 3.20. The van der Waals surface area contributed by atoms with E-state index in [4.69, 9.17) is 12.6 Å². The number of rotatable bonds is 0. The average Bonchev–Trinajstić information content (AvgIpc) is 2.06. The van der Waals surface area contributed by atoms with Crippen LogP contribution < -0.4 is 0 Å². The first kappa shape index (κ1) is 6.62. The van der Waals surface area contributed by atoms with Gasteiger partial charge in [0.25, 0.3) is 0 Å². The maximum absolute atomic E-state index is 5.10. The minimum atomic E-state index is 0.808. The maximum Gasteiger partial charge on any atom is 0.0534 e. The third kappa shape index (κ3) is 1.08. The lowest BCUT2D eigenvalue weighted by Gasteiger charge is -1.96. The number of benzene rings is 2. The summed E-state index contributed by atoms with van der Waals surface area (Å²) in [6.45, 7) is 0. The lowest BCUT2D eigenvalue weighted by molar-refractivity contribution is 1.54. The minimum absolute atomic E-state index is 0.808. The van der Waals surface area contributed by atoms with Crippen LogP contribution in [0.5, 0.6) is 0 Å². The van der Waals surface area contributed by atoms with Crippen molar-refractivity contribution in [3.8, 4) is 0 Å². The summed E-state index contributed by atoms with van der Waals surface area (Å²) in [6, 6.07) is 15.0. The topological polar surface area (TPSA) is 0 Å². The van der Waals surface area contributed by atoms with E-state index in [0.29, 0.717) is 0 Å². The summed E-state index contributed by atoms with van der Waals surface area (Å²) in [6.07, 6.45) is 0. The van der Waals surface area contributed by atoms with E-state index in [-0.39, 0.29) is 0 Å². The van der Waals surface area contributed by atoms with E-state index < -0.39 is 0 Å². The molecule has 0 fully saturated rings. The first-order valence-corrected chi connectivity index (χ1v) is 3.85. The van der Waals surface area contributed by atoms with Crippen LogP contribution in [0.4, 0.5) is 0 Å². The van der Waals surface area contributed by atoms with Crippen LogP contribution in [0, 0.1) is 6.07 Å². The van der Waals surface area contributed by atoms with E-state index in [1.165, 1.54) is 5.39 Å². The zero-order valence-corrected chi connectivity index (χ0v) is 6.69. The fraction of sp³-hybridized carbons (Fsp3) is 0. The molecule has 0 bridgehead atoms. The van der Waals surface area contributed by atoms with Crippen molar-refractivity contribution in [2.24, 2.45) is 0 Å². The molecule has 0 N–H and O–H groups in total. The van der Waals surface area contributed by atoms with Gasteiger partial charge in [0.15, 0.2) is 0 Å². The highest BCUT2D eigenvalue weighted by Crippen LogP contribution is 2.20. The van der Waals surface area contributed by atoms with Gasteiger partial charge in [-0.1, -0.05) is 49.0 Å². The molecule has 0 saturated carbocycles. The van der Waals surface area contributed by atoms with Crippen molar-refractivity contribution >= 4 is 23.4 Å². The maximum atomic E-state index is 5.10. The van der Waals surface area contributed by atoms with Crippen molar-refractivity contribution < 1.29 is 0 Å². The van der Waals surface area contributed by atoms with Crippen LogP contribution in [-0.4, -0.2) is 0 Å². The first-order chi connectivity index (χ1) is 5.38. The first-order valence-electron chi connectivity index (χ1n) is 3.44. The molecule has 0 saturated heterocycles. The zero-order valence-electron chi connectivity index (χ0n) is 5.87. The van der Waals surface area contributed by atoms with Crippen molar-refractivity contribution in [3.63, 3.8) is 0 Å². The molecule has 0 nitrogen and oxygen atoms in total. The molecule has 0 heterocycles. The van der Waals surface area contributed by atoms with Crippen molar-refractivity contribution in [2.45, 2.75) is 4.90 Å². The lowest BCUT2D eigenvalue weighted by Crippen LogP contribution is -1.72. The fourth-order valence-electron chi connectivity index (χ4n) is 1.13. The van der Waals surface area contributed by atoms with Gasteiger partial charge in [0, 0.05) is 11.5 Å². The minimum Gasteiger partial charge on any atom is -0.0787 e. The van der Waals surface area contributed by atoms with Crippen LogP contribution in [0.2, 0.25) is 0 Å². The molecule has 0 spiro atoms. The van der Waals surface area contributed by atoms with Gasteiger partial charge in [-0.25, -0.2) is 0 Å². The van der Waals surface area contributed by atoms with Gasteiger partial charge >= 0.3 is 0 Å². The van der Waals surface area contributed by atoms with Crippen LogP contribution in [0.15, 0.2) is 41.3 Å². The molecule has 1 heteroatoms. The summed E-state index contributed by atoms with van der Waals surface area (Å²) >= 11 is 5.10. The van der Waals surface area contributed by atoms with Gasteiger partial charge in [-0.05, 0) is 5.39 Å². The highest BCUT2D eigenvalue weighted by Gasteiger charge is 1.94. The number of hydrogen-bond donors (Lipinski definition) is 0. The fourth-order valence-corrected chi connectivity index (χ4v) is 1.39. The van der Waals surface area contributed by atoms with Crippen LogP contribution >= 0.6 is 12.6 Å². The normalized spacial score (nSPS) is 10.2. The summed E-state index contributed by atoms with van der Waals surface area (Å²) in [7, 11) is 0. The van der Waals surface area contributed by atoms with E-state index in [2.05, 4.69) is 12.1 Å². The smallest absolute Gasteiger partial charge is 0.0534 e. The van der Waals surface area contributed by atoms with E-state index in [1.54, 1.807) is 0 Å². The quantitative estimate of drug-likeness (QED) is 0.552. The van der Waals surface area contributed by atoms with Crippen molar-refractivity contribution in [1.82, 2.24) is 0 Å². The number of hydrogen-bond acceptors (Lipinski definition) is 0. The Balaban J connectivity index is 2.91. The van der Waals surface area contributed by atoms with Gasteiger partial charge in [-0.2, -0.15) is 0 Å². The highest BCUT2D eigenvalue weighted by molar-refractivity contribution is 7.80. The second-order valence-electron chi connectivity index (χ2n) is 2.39. The standard InChI is InChI=1S/C10H6S/c11-10-7-3-5-8-4-1-2-6-9(8)10/h1-6H. The van der Waals surface area contributed by atoms with Gasteiger partial charge in [0.2, 0.25) is 0 Å². The summed E-state index contributed by atoms with van der Waals surface area (Å²) in [5.41, 5.74) is 0. The van der Waals surface area contributed by atoms with Gasteiger partial charge in [0.1, 0.15) is 0 Å². The summed E-state index contributed by atoms with van der Waals surface area (Å²) in [5, 5.41) is 2.31. The van der Waals surface area contributed by atoms with E-state index in [9.17, 15) is 0 Å². The summed E-state index contributed by atoms with van der Waals surface area (Å²) in [5.74, 6) is 0. The summed E-state index contributed by atoms with van der Waals surface area (Å²) < 4.78 is 0. The molecule has 0 atom stereocenters. The molecular weight excluding hydrogens is 152 g/mol. The molecule has 2 radical (unpaired) electrons. The molecule has 2 aromatic rings. The third-order valence-electron chi connectivity index (χ3n) is 1.68. The van der Waals surface area contributed by atoms with Crippen molar-refractivity contribution in [3.05, 3.63) is 42.5 Å². The Kier molecular flexibility index (Phi) is 1.51. The van der Waals surface area contributed by atoms with Gasteiger partial charge < -0.3 is 0 Å². The Labute approximate surface area is 71.3 Å². The molecule has 2 aromatic carbocycles. The van der Waals surface area contributed by atoms with Crippen LogP contribution in [0.25, 0.3) is 10.8 Å². The summed E-state index contributed by atoms with van der Waals surface area (Å²) in [4.78, 5) is 0.808. The molecule has 0 aliphatic carbocycles. The lowest BCUT2D eigenvalue weighted by atomic mass is 10.1. The Hall–Kier alpha value is -1.08. The van der Waals surface area contributed by atoms with Crippen LogP contribution in [0.3, 0.4) is 0 Å². The number of fused-ring (bicyclic) bond motifs is 1. The van der Waals surface area contributed by atoms with Crippen molar-refractivity contribution in [1.29, 1.82) is 0 Å². The second kappa shape index (κ2) is 2.51.